The minimum Gasteiger partial charge on any atom is -0.508 e. The Morgan fingerprint density at radius 2 is 1.91 bits per heavy atom. The number of aliphatic hydroxyl groups is 3. The van der Waals surface area contributed by atoms with Crippen molar-refractivity contribution in [3.8, 4) is 17.0 Å². The van der Waals surface area contributed by atoms with Gasteiger partial charge < -0.3 is 26.2 Å². The van der Waals surface area contributed by atoms with Gasteiger partial charge >= 0.3 is 0 Å². The van der Waals surface area contributed by atoms with E-state index in [1.165, 1.54) is 11.0 Å². The molecule has 1 amide bonds. The highest BCUT2D eigenvalue weighted by atomic mass is 16.3. The van der Waals surface area contributed by atoms with E-state index in [1.807, 2.05) is 0 Å². The topological polar surface area (TPSA) is 190 Å². The Kier molecular flexibility index (Phi) is 4.90. The zero-order chi connectivity index (χ0) is 25.4. The lowest BCUT2D eigenvalue weighted by Gasteiger charge is -2.50. The molecule has 11 nitrogen and oxygen atoms in total. The van der Waals surface area contributed by atoms with Crippen LogP contribution in [0, 0.1) is 11.8 Å². The number of nitrogens with two attached hydrogens (primary N) is 1. The number of aromatic amines is 1. The number of phenolic OH excluding ortho intramolecular Hbond substituents is 1. The molecular weight excluding hydrogens is 456 g/mol. The summed E-state index contributed by atoms with van der Waals surface area (Å²) in [5, 5.41) is 51.0. The van der Waals surface area contributed by atoms with Crippen molar-refractivity contribution in [3.05, 3.63) is 52.4 Å². The maximum atomic E-state index is 13.8. The average Bonchev–Trinajstić information content (AvgIpc) is 3.30. The van der Waals surface area contributed by atoms with E-state index in [-0.39, 0.29) is 29.7 Å². The van der Waals surface area contributed by atoms with Gasteiger partial charge in [0.2, 0.25) is 5.78 Å². The number of fused-ring (bicyclic) bond motifs is 3. The monoisotopic (exact) mass is 480 g/mol. The third-order valence-corrected chi connectivity index (χ3v) is 7.40. The maximum absolute atomic E-state index is 13.8. The molecule has 1 aromatic heterocycles. The number of hydrogen-bond donors (Lipinski definition) is 6. The first-order chi connectivity index (χ1) is 16.5. The number of phenols is 1. The van der Waals surface area contributed by atoms with Gasteiger partial charge in [0.05, 0.1) is 17.3 Å². The summed E-state index contributed by atoms with van der Waals surface area (Å²) >= 11 is 0. The third-order valence-electron chi connectivity index (χ3n) is 7.40. The lowest BCUT2D eigenvalue weighted by molar-refractivity contribution is -0.153. The number of amides is 1. The largest absolute Gasteiger partial charge is 0.508 e. The lowest BCUT2D eigenvalue weighted by atomic mass is 9.57. The summed E-state index contributed by atoms with van der Waals surface area (Å²) in [6, 6.07) is 3.65. The van der Waals surface area contributed by atoms with Crippen molar-refractivity contribution >= 4 is 23.2 Å². The zero-order valence-electron chi connectivity index (χ0n) is 18.9. The number of carbonyl (C=O) groups excluding carboxylic acids is 3. The van der Waals surface area contributed by atoms with Gasteiger partial charge in [0, 0.05) is 23.3 Å². The van der Waals surface area contributed by atoms with Crippen LogP contribution < -0.4 is 5.73 Å². The second-order valence-electron chi connectivity index (χ2n) is 9.42. The molecule has 1 saturated carbocycles. The summed E-state index contributed by atoms with van der Waals surface area (Å²) in [4.78, 5) is 40.4. The van der Waals surface area contributed by atoms with Gasteiger partial charge in [-0.3, -0.25) is 24.4 Å². The van der Waals surface area contributed by atoms with E-state index in [9.17, 15) is 34.8 Å². The Balaban J connectivity index is 1.75. The van der Waals surface area contributed by atoms with Gasteiger partial charge in [-0.2, -0.15) is 5.10 Å². The molecule has 3 aliphatic carbocycles. The van der Waals surface area contributed by atoms with E-state index < -0.39 is 58.0 Å². The number of rotatable bonds is 3. The van der Waals surface area contributed by atoms with E-state index in [2.05, 4.69) is 10.2 Å². The molecule has 0 spiro atoms. The fourth-order valence-electron chi connectivity index (χ4n) is 5.90. The van der Waals surface area contributed by atoms with Gasteiger partial charge in [0.15, 0.2) is 11.4 Å². The van der Waals surface area contributed by atoms with Gasteiger partial charge in [-0.05, 0) is 56.6 Å². The standard InChI is InChI=1S/C24H24N4O7/c1-28(2)18-12-8-9-7-11-10(13-5-6-26-27-13)3-4-14(29)16(11)19(30)15(9)21(32)24(12,35)22(33)17(20(18)31)23(25)34/h3-6,9,12,18,29-30,33,35H,7-8H2,1-2H3,(H2,25,34)(H,26,27)/t9-,12-,18+,24-/m0/s1. The number of carbonyl (C=O) groups is 3. The molecular formula is C24H24N4O7. The number of nitrogens with zero attached hydrogens (tertiary/aromatic N) is 2. The molecule has 0 bridgehead atoms. The first-order valence-corrected chi connectivity index (χ1v) is 11.0. The number of nitrogens with one attached hydrogen (secondary N) is 1. The van der Waals surface area contributed by atoms with E-state index in [1.54, 1.807) is 32.4 Å². The number of Topliss-reactive ketones (excluding diaryl/α,β-unsaturated/α-hetero) is 2. The van der Waals surface area contributed by atoms with Crippen LogP contribution >= 0.6 is 0 Å². The van der Waals surface area contributed by atoms with E-state index in [4.69, 9.17) is 5.73 Å². The van der Waals surface area contributed by atoms with E-state index >= 15 is 0 Å². The number of H-pyrrole nitrogens is 1. The highest BCUT2D eigenvalue weighted by Gasteiger charge is 2.64. The Hall–Kier alpha value is -3.96. The van der Waals surface area contributed by atoms with Crippen molar-refractivity contribution in [1.82, 2.24) is 15.1 Å². The predicted octanol–water partition coefficient (Wildman–Crippen LogP) is 0.354. The normalized spacial score (nSPS) is 28.2. The van der Waals surface area contributed by atoms with Gasteiger partial charge in [-0.15, -0.1) is 0 Å². The van der Waals surface area contributed by atoms with Crippen molar-refractivity contribution in [2.45, 2.75) is 24.5 Å². The van der Waals surface area contributed by atoms with Gasteiger partial charge in [-0.25, -0.2) is 0 Å². The molecule has 182 valence electrons. The molecule has 1 heterocycles. The number of benzene rings is 1. The van der Waals surface area contributed by atoms with E-state index in [0.717, 1.165) is 0 Å². The second-order valence-corrected chi connectivity index (χ2v) is 9.42. The number of aromatic nitrogens is 2. The van der Waals surface area contributed by atoms with E-state index in [0.29, 0.717) is 16.8 Å². The minimum absolute atomic E-state index is 0.0316. The number of aromatic hydroxyl groups is 1. The molecule has 7 N–H and O–H groups in total. The van der Waals surface area contributed by atoms with Crippen LogP contribution in [0.25, 0.3) is 17.0 Å². The SMILES string of the molecule is CN(C)[C@H]1C(=O)C(C(N)=O)=C(O)[C@@]2(O)C(=O)C3=C(O)c4c(O)ccc(-c5ccn[nH]5)c4C[C@H]3C[C@@H]12. The highest BCUT2D eigenvalue weighted by molar-refractivity contribution is 6.24. The third kappa shape index (κ3) is 2.91. The zero-order valence-corrected chi connectivity index (χ0v) is 18.9. The first-order valence-electron chi connectivity index (χ1n) is 11.0. The fraction of sp³-hybridized carbons (Fsp3) is 0.333. The highest BCUT2D eigenvalue weighted by Crippen LogP contribution is 2.53. The van der Waals surface area contributed by atoms with Crippen LogP contribution in [0.1, 0.15) is 17.5 Å². The number of hydrogen-bond acceptors (Lipinski definition) is 9. The molecule has 35 heavy (non-hydrogen) atoms. The number of likely N-dealkylation sites (N-methyl/N-ethyl adjacent to an activating group) is 1. The maximum Gasteiger partial charge on any atom is 0.255 e. The Bertz CT molecular complexity index is 1360. The van der Waals surface area contributed by atoms with Gasteiger partial charge in [0.25, 0.3) is 5.91 Å². The first kappa shape index (κ1) is 22.8. The molecule has 11 heteroatoms. The summed E-state index contributed by atoms with van der Waals surface area (Å²) in [5.41, 5.74) is 3.56. The fourth-order valence-corrected chi connectivity index (χ4v) is 5.90. The molecule has 0 saturated heterocycles. The summed E-state index contributed by atoms with van der Waals surface area (Å²) in [6.07, 6.45) is 1.80. The Morgan fingerprint density at radius 3 is 2.51 bits per heavy atom. The summed E-state index contributed by atoms with van der Waals surface area (Å²) < 4.78 is 0. The van der Waals surface area contributed by atoms with Crippen molar-refractivity contribution < 1.29 is 34.8 Å². The van der Waals surface area contributed by atoms with Crippen molar-refractivity contribution in [2.24, 2.45) is 17.6 Å². The predicted molar refractivity (Wildman–Crippen MR) is 122 cm³/mol. The molecule has 2 aromatic rings. The van der Waals surface area contributed by atoms with Crippen molar-refractivity contribution in [2.75, 3.05) is 14.1 Å². The van der Waals surface area contributed by atoms with Crippen molar-refractivity contribution in [3.63, 3.8) is 0 Å². The van der Waals surface area contributed by atoms with Crippen LogP contribution in [-0.4, -0.2) is 78.7 Å². The average molecular weight is 480 g/mol. The Morgan fingerprint density at radius 1 is 1.20 bits per heavy atom. The quantitative estimate of drug-likeness (QED) is 0.337. The van der Waals surface area contributed by atoms with Crippen LogP contribution in [0.2, 0.25) is 0 Å². The number of ketones is 2. The van der Waals surface area contributed by atoms with Gasteiger partial charge in [-0.1, -0.05) is 0 Å². The molecule has 0 aliphatic heterocycles. The second kappa shape index (κ2) is 7.52. The Labute approximate surface area is 199 Å². The molecule has 1 fully saturated rings. The van der Waals surface area contributed by atoms with Crippen LogP contribution in [0.15, 0.2) is 41.3 Å². The molecule has 5 rings (SSSR count). The molecule has 0 unspecified atom stereocenters. The number of primary amides is 1. The minimum atomic E-state index is -2.65. The summed E-state index contributed by atoms with van der Waals surface area (Å²) in [5.74, 6) is -6.75. The molecule has 4 atom stereocenters. The lowest BCUT2D eigenvalue weighted by Crippen LogP contribution is -2.65. The summed E-state index contributed by atoms with van der Waals surface area (Å²) in [6.45, 7) is 0. The van der Waals surface area contributed by atoms with Crippen LogP contribution in [0.3, 0.4) is 0 Å². The smallest absolute Gasteiger partial charge is 0.255 e. The summed E-state index contributed by atoms with van der Waals surface area (Å²) in [7, 11) is 3.11. The number of aliphatic hydroxyl groups excluding tert-OH is 2. The van der Waals surface area contributed by atoms with Crippen LogP contribution in [0.4, 0.5) is 0 Å². The van der Waals surface area contributed by atoms with Gasteiger partial charge in [0.1, 0.15) is 22.8 Å². The molecule has 1 aromatic carbocycles. The van der Waals surface area contributed by atoms with Crippen molar-refractivity contribution in [1.29, 1.82) is 0 Å². The molecule has 3 aliphatic rings. The molecule has 0 radical (unpaired) electrons. The van der Waals surface area contributed by atoms with Crippen LogP contribution in [0.5, 0.6) is 5.75 Å². The van der Waals surface area contributed by atoms with Crippen LogP contribution in [-0.2, 0) is 20.8 Å².